The van der Waals surface area contributed by atoms with Crippen molar-refractivity contribution in [3.8, 4) is 10.7 Å². The Kier molecular flexibility index (Phi) is 4.56. The highest BCUT2D eigenvalue weighted by atomic mass is 32.1. The van der Waals surface area contributed by atoms with E-state index in [4.69, 9.17) is 0 Å². The maximum atomic E-state index is 11.9. The van der Waals surface area contributed by atoms with E-state index in [9.17, 15) is 4.79 Å². The van der Waals surface area contributed by atoms with Gasteiger partial charge in [0.05, 0.1) is 11.4 Å². The maximum Gasteiger partial charge on any atom is 0.251 e. The summed E-state index contributed by atoms with van der Waals surface area (Å²) in [5, 5.41) is 5.83. The van der Waals surface area contributed by atoms with E-state index in [1.807, 2.05) is 41.8 Å². The molecule has 3 aromatic rings. The highest BCUT2D eigenvalue weighted by Gasteiger charge is 2.07. The molecule has 0 unspecified atom stereocenters. The summed E-state index contributed by atoms with van der Waals surface area (Å²) in [6, 6.07) is 15.0. The van der Waals surface area contributed by atoms with Gasteiger partial charge in [-0.05, 0) is 24.3 Å². The van der Waals surface area contributed by atoms with Crippen LogP contribution in [0.3, 0.4) is 0 Å². The van der Waals surface area contributed by atoms with Gasteiger partial charge in [-0.3, -0.25) is 9.78 Å². The zero-order valence-electron chi connectivity index (χ0n) is 11.9. The van der Waals surface area contributed by atoms with Gasteiger partial charge in [0.2, 0.25) is 0 Å². The Morgan fingerprint density at radius 3 is 2.68 bits per heavy atom. The van der Waals surface area contributed by atoms with E-state index in [0.29, 0.717) is 18.5 Å². The Morgan fingerprint density at radius 2 is 1.91 bits per heavy atom. The molecule has 3 rings (SSSR count). The van der Waals surface area contributed by atoms with Gasteiger partial charge >= 0.3 is 0 Å². The summed E-state index contributed by atoms with van der Waals surface area (Å²) in [5.74, 6) is -0.0548. The molecule has 22 heavy (non-hydrogen) atoms. The van der Waals surface area contributed by atoms with Gasteiger partial charge < -0.3 is 5.32 Å². The van der Waals surface area contributed by atoms with Gasteiger partial charge in [-0.1, -0.05) is 24.3 Å². The summed E-state index contributed by atoms with van der Waals surface area (Å²) in [5.41, 5.74) is 2.53. The van der Waals surface area contributed by atoms with Crippen molar-refractivity contribution in [3.05, 3.63) is 71.4 Å². The Bertz CT molecular complexity index is 741. The molecule has 0 spiro atoms. The molecule has 2 aromatic heterocycles. The van der Waals surface area contributed by atoms with Crippen molar-refractivity contribution >= 4 is 17.2 Å². The fourth-order valence-corrected chi connectivity index (χ4v) is 2.85. The van der Waals surface area contributed by atoms with Gasteiger partial charge in [-0.25, -0.2) is 4.98 Å². The third-order valence-electron chi connectivity index (χ3n) is 3.14. The van der Waals surface area contributed by atoms with Crippen LogP contribution in [0, 0.1) is 0 Å². The van der Waals surface area contributed by atoms with E-state index < -0.39 is 0 Å². The minimum Gasteiger partial charge on any atom is -0.352 e. The first-order valence-corrected chi connectivity index (χ1v) is 7.90. The van der Waals surface area contributed by atoms with Crippen LogP contribution in [0.1, 0.15) is 16.1 Å². The summed E-state index contributed by atoms with van der Waals surface area (Å²) in [4.78, 5) is 20.8. The molecule has 2 heterocycles. The lowest BCUT2D eigenvalue weighted by atomic mass is 10.2. The monoisotopic (exact) mass is 309 g/mol. The summed E-state index contributed by atoms with van der Waals surface area (Å²) in [7, 11) is 0. The predicted octanol–water partition coefficient (Wildman–Crippen LogP) is 3.18. The standard InChI is InChI=1S/C17H15N3OS/c21-16(13-6-2-1-3-7-13)19-11-9-14-12-22-17(20-14)15-8-4-5-10-18-15/h1-8,10,12H,9,11H2,(H,19,21). The molecule has 0 aliphatic rings. The number of nitrogens with one attached hydrogen (secondary N) is 1. The predicted molar refractivity (Wildman–Crippen MR) is 87.8 cm³/mol. The second-order valence-corrected chi connectivity index (χ2v) is 5.59. The quantitative estimate of drug-likeness (QED) is 0.787. The van der Waals surface area contributed by atoms with Crippen molar-refractivity contribution in [3.63, 3.8) is 0 Å². The molecular weight excluding hydrogens is 294 g/mol. The fourth-order valence-electron chi connectivity index (χ4n) is 2.02. The average molecular weight is 309 g/mol. The summed E-state index contributed by atoms with van der Waals surface area (Å²) >= 11 is 1.57. The second-order valence-electron chi connectivity index (χ2n) is 4.73. The Hall–Kier alpha value is -2.53. The van der Waals surface area contributed by atoms with Crippen molar-refractivity contribution in [1.29, 1.82) is 0 Å². The number of carbonyl (C=O) groups is 1. The largest absolute Gasteiger partial charge is 0.352 e. The van der Waals surface area contributed by atoms with Gasteiger partial charge in [0.25, 0.3) is 5.91 Å². The Balaban J connectivity index is 1.55. The number of aromatic nitrogens is 2. The van der Waals surface area contributed by atoms with Gasteiger partial charge in [0.15, 0.2) is 0 Å². The van der Waals surface area contributed by atoms with Crippen LogP contribution in [0.15, 0.2) is 60.1 Å². The molecule has 0 saturated carbocycles. The molecule has 0 fully saturated rings. The number of thiazole rings is 1. The highest BCUT2D eigenvalue weighted by Crippen LogP contribution is 2.21. The van der Waals surface area contributed by atoms with E-state index in [2.05, 4.69) is 15.3 Å². The molecule has 4 nitrogen and oxygen atoms in total. The van der Waals surface area contributed by atoms with Gasteiger partial charge in [0, 0.05) is 30.1 Å². The summed E-state index contributed by atoms with van der Waals surface area (Å²) in [6.45, 7) is 0.569. The van der Waals surface area contributed by atoms with Crippen LogP contribution < -0.4 is 5.32 Å². The van der Waals surface area contributed by atoms with Crippen LogP contribution >= 0.6 is 11.3 Å². The van der Waals surface area contributed by atoms with Crippen LogP contribution in [0.25, 0.3) is 10.7 Å². The molecule has 0 bridgehead atoms. The number of nitrogens with zero attached hydrogens (tertiary/aromatic N) is 2. The molecule has 0 radical (unpaired) electrons. The third kappa shape index (κ3) is 3.56. The van der Waals surface area contributed by atoms with Crippen molar-refractivity contribution in [2.75, 3.05) is 6.54 Å². The van der Waals surface area contributed by atoms with Crippen molar-refractivity contribution < 1.29 is 4.79 Å². The number of pyridine rings is 1. The minimum absolute atomic E-state index is 0.0548. The minimum atomic E-state index is -0.0548. The van der Waals surface area contributed by atoms with E-state index >= 15 is 0 Å². The van der Waals surface area contributed by atoms with Gasteiger partial charge in [-0.2, -0.15) is 0 Å². The molecule has 0 aliphatic heterocycles. The van der Waals surface area contributed by atoms with Gasteiger partial charge in [0.1, 0.15) is 5.01 Å². The summed E-state index contributed by atoms with van der Waals surface area (Å²) in [6.07, 6.45) is 2.47. The lowest BCUT2D eigenvalue weighted by Gasteiger charge is -2.03. The van der Waals surface area contributed by atoms with E-state index in [0.717, 1.165) is 16.4 Å². The first-order valence-electron chi connectivity index (χ1n) is 7.02. The zero-order valence-corrected chi connectivity index (χ0v) is 12.7. The lowest BCUT2D eigenvalue weighted by Crippen LogP contribution is -2.25. The number of carbonyl (C=O) groups excluding carboxylic acids is 1. The molecule has 5 heteroatoms. The van der Waals surface area contributed by atoms with E-state index in [1.165, 1.54) is 0 Å². The number of hydrogen-bond acceptors (Lipinski definition) is 4. The normalized spacial score (nSPS) is 10.4. The van der Waals surface area contributed by atoms with Crippen LogP contribution in [0.5, 0.6) is 0 Å². The lowest BCUT2D eigenvalue weighted by molar-refractivity contribution is 0.0954. The molecule has 0 aliphatic carbocycles. The Morgan fingerprint density at radius 1 is 1.09 bits per heavy atom. The SMILES string of the molecule is O=C(NCCc1csc(-c2ccccn2)n1)c1ccccc1. The van der Waals surface area contributed by atoms with E-state index in [1.54, 1.807) is 29.7 Å². The van der Waals surface area contributed by atoms with Crippen LogP contribution in [0.2, 0.25) is 0 Å². The zero-order chi connectivity index (χ0) is 15.2. The molecule has 0 saturated heterocycles. The third-order valence-corrected chi connectivity index (χ3v) is 4.05. The number of rotatable bonds is 5. The number of hydrogen-bond donors (Lipinski definition) is 1. The Labute approximate surface area is 132 Å². The van der Waals surface area contributed by atoms with Crippen LogP contribution in [-0.4, -0.2) is 22.4 Å². The molecule has 110 valence electrons. The number of benzene rings is 1. The van der Waals surface area contributed by atoms with Crippen molar-refractivity contribution in [2.24, 2.45) is 0 Å². The first-order chi connectivity index (χ1) is 10.8. The molecule has 1 amide bonds. The fraction of sp³-hybridized carbons (Fsp3) is 0.118. The van der Waals surface area contributed by atoms with Crippen molar-refractivity contribution in [1.82, 2.24) is 15.3 Å². The van der Waals surface area contributed by atoms with Crippen LogP contribution in [-0.2, 0) is 6.42 Å². The van der Waals surface area contributed by atoms with Crippen molar-refractivity contribution in [2.45, 2.75) is 6.42 Å². The smallest absolute Gasteiger partial charge is 0.251 e. The summed E-state index contributed by atoms with van der Waals surface area (Å²) < 4.78 is 0. The van der Waals surface area contributed by atoms with Crippen LogP contribution in [0.4, 0.5) is 0 Å². The average Bonchev–Trinajstić information content (AvgIpc) is 3.05. The molecule has 1 N–H and O–H groups in total. The molecule has 0 atom stereocenters. The second kappa shape index (κ2) is 6.95. The number of amides is 1. The first kappa shape index (κ1) is 14.4. The van der Waals surface area contributed by atoms with Gasteiger partial charge in [-0.15, -0.1) is 11.3 Å². The highest BCUT2D eigenvalue weighted by molar-refractivity contribution is 7.13. The van der Waals surface area contributed by atoms with E-state index in [-0.39, 0.29) is 5.91 Å². The topological polar surface area (TPSA) is 54.9 Å². The molecule has 1 aromatic carbocycles. The maximum absolute atomic E-state index is 11.9. The molecular formula is C17H15N3OS.